The molecule has 1 fully saturated rings. The third-order valence-electron chi connectivity index (χ3n) is 1.53. The van der Waals surface area contributed by atoms with Gasteiger partial charge in [0.25, 0.3) is 5.91 Å². The monoisotopic (exact) mass is 158 g/mol. The zero-order chi connectivity index (χ0) is 8.43. The predicted octanol–water partition coefficient (Wildman–Crippen LogP) is -1.92. The Morgan fingerprint density at radius 2 is 1.91 bits per heavy atom. The average molecular weight is 158 g/mol. The van der Waals surface area contributed by atoms with E-state index in [2.05, 4.69) is 0 Å². The lowest BCUT2D eigenvalue weighted by molar-refractivity contribution is -0.125. The number of hydrogen-bond acceptors (Lipinski definition) is 4. The van der Waals surface area contributed by atoms with Gasteiger partial charge in [0.1, 0.15) is 6.54 Å². The second-order valence-electron chi connectivity index (χ2n) is 2.17. The molecular weight excluding hydrogens is 148 g/mol. The van der Waals surface area contributed by atoms with E-state index in [0.29, 0.717) is 0 Å². The summed E-state index contributed by atoms with van der Waals surface area (Å²) in [6, 6.07) is -0.403. The topological polar surface area (TPSA) is 92.7 Å². The molecule has 0 spiro atoms. The van der Waals surface area contributed by atoms with Gasteiger partial charge in [0.05, 0.1) is 13.3 Å². The minimum Gasteiger partial charge on any atom is -0.314 e. The van der Waals surface area contributed by atoms with Crippen molar-refractivity contribution in [2.24, 2.45) is 11.5 Å². The van der Waals surface area contributed by atoms with Gasteiger partial charge < -0.3 is 16.4 Å². The summed E-state index contributed by atoms with van der Waals surface area (Å²) in [7, 11) is 0. The largest absolute Gasteiger partial charge is 0.329 e. The first kappa shape index (κ1) is 7.96. The molecule has 0 aromatic rings. The molecule has 62 valence electrons. The third kappa shape index (κ3) is 1.17. The fourth-order valence-corrected chi connectivity index (χ4v) is 0.916. The highest BCUT2D eigenvalue weighted by molar-refractivity contribution is 6.01. The van der Waals surface area contributed by atoms with Crippen molar-refractivity contribution in [2.75, 3.05) is 19.9 Å². The van der Waals surface area contributed by atoms with Crippen molar-refractivity contribution in [1.29, 1.82) is 0 Å². The number of carbonyl (C=O) groups is 2. The number of nitrogens with zero attached hydrogens (tertiary/aromatic N) is 2. The number of urea groups is 1. The van der Waals surface area contributed by atoms with E-state index < -0.39 is 6.03 Å². The molecule has 0 bridgehead atoms. The molecule has 0 aromatic carbocycles. The van der Waals surface area contributed by atoms with Crippen LogP contribution in [0.4, 0.5) is 4.79 Å². The number of rotatable bonds is 2. The van der Waals surface area contributed by atoms with Crippen LogP contribution < -0.4 is 11.5 Å². The molecule has 0 aliphatic carbocycles. The normalized spacial score (nSPS) is 18.4. The average Bonchev–Trinajstić information content (AvgIpc) is 2.26. The van der Waals surface area contributed by atoms with Gasteiger partial charge in [0.2, 0.25) is 0 Å². The van der Waals surface area contributed by atoms with E-state index in [1.54, 1.807) is 0 Å². The van der Waals surface area contributed by atoms with E-state index in [0.717, 1.165) is 4.90 Å². The number of hydrogen-bond donors (Lipinski definition) is 2. The quantitative estimate of drug-likeness (QED) is 0.458. The van der Waals surface area contributed by atoms with E-state index in [4.69, 9.17) is 11.5 Å². The first-order valence-electron chi connectivity index (χ1n) is 3.20. The van der Waals surface area contributed by atoms with Crippen LogP contribution in [0.1, 0.15) is 0 Å². The van der Waals surface area contributed by atoms with Gasteiger partial charge in [0, 0.05) is 0 Å². The second kappa shape index (κ2) is 2.85. The van der Waals surface area contributed by atoms with Crippen LogP contribution in [0.25, 0.3) is 0 Å². The van der Waals surface area contributed by atoms with Gasteiger partial charge in [-0.3, -0.25) is 4.79 Å². The minimum atomic E-state index is -0.403. The molecule has 1 aliphatic heterocycles. The van der Waals surface area contributed by atoms with Crippen molar-refractivity contribution in [1.82, 2.24) is 9.80 Å². The van der Waals surface area contributed by atoms with Crippen LogP contribution in [0.15, 0.2) is 0 Å². The lowest BCUT2D eigenvalue weighted by atomic mass is 10.6. The Balaban J connectivity index is 2.71. The fourth-order valence-electron chi connectivity index (χ4n) is 0.916. The van der Waals surface area contributed by atoms with Crippen molar-refractivity contribution in [3.8, 4) is 0 Å². The number of carbonyl (C=O) groups excluding carboxylic acids is 2. The summed E-state index contributed by atoms with van der Waals surface area (Å²) < 4.78 is 0. The van der Waals surface area contributed by atoms with Gasteiger partial charge in [-0.1, -0.05) is 0 Å². The number of amides is 3. The van der Waals surface area contributed by atoms with Crippen molar-refractivity contribution in [3.63, 3.8) is 0 Å². The van der Waals surface area contributed by atoms with E-state index in [9.17, 15) is 9.59 Å². The molecule has 1 saturated heterocycles. The van der Waals surface area contributed by atoms with Crippen LogP contribution in [-0.4, -0.2) is 41.6 Å². The Morgan fingerprint density at radius 3 is 2.18 bits per heavy atom. The van der Waals surface area contributed by atoms with Crippen molar-refractivity contribution in [3.05, 3.63) is 0 Å². The summed E-state index contributed by atoms with van der Waals surface area (Å²) in [6.45, 7) is 0.0295. The Bertz CT molecular complexity index is 193. The Morgan fingerprint density at radius 1 is 1.27 bits per heavy atom. The molecule has 0 unspecified atom stereocenters. The number of nitrogens with two attached hydrogens (primary N) is 2. The lowest BCUT2D eigenvalue weighted by Gasteiger charge is -2.12. The molecule has 1 rings (SSSR count). The third-order valence-corrected chi connectivity index (χ3v) is 1.53. The molecule has 0 aromatic heterocycles. The molecule has 6 heteroatoms. The molecule has 0 radical (unpaired) electrons. The maximum absolute atomic E-state index is 11.0. The molecule has 4 N–H and O–H groups in total. The highest BCUT2D eigenvalue weighted by Gasteiger charge is 2.33. The zero-order valence-electron chi connectivity index (χ0n) is 5.99. The van der Waals surface area contributed by atoms with Crippen molar-refractivity contribution < 1.29 is 9.59 Å². The molecular formula is C5H10N4O2. The Hall–Kier alpha value is -1.14. The van der Waals surface area contributed by atoms with E-state index in [1.807, 2.05) is 0 Å². The van der Waals surface area contributed by atoms with Gasteiger partial charge >= 0.3 is 6.03 Å². The molecule has 6 nitrogen and oxygen atoms in total. The SMILES string of the molecule is NCN1CC(=O)N(CN)C1=O. The van der Waals surface area contributed by atoms with E-state index in [-0.39, 0.29) is 25.8 Å². The summed E-state index contributed by atoms with van der Waals surface area (Å²) in [5.41, 5.74) is 10.3. The Kier molecular flexibility index (Phi) is 2.06. The lowest BCUT2D eigenvalue weighted by Crippen LogP contribution is -2.38. The van der Waals surface area contributed by atoms with Crippen molar-refractivity contribution in [2.45, 2.75) is 0 Å². The fraction of sp³-hybridized carbons (Fsp3) is 0.600. The molecule has 0 saturated carbocycles. The van der Waals surface area contributed by atoms with E-state index in [1.165, 1.54) is 4.90 Å². The van der Waals surface area contributed by atoms with Crippen LogP contribution in [0.5, 0.6) is 0 Å². The van der Waals surface area contributed by atoms with Gasteiger partial charge in [0.15, 0.2) is 0 Å². The summed E-state index contributed by atoms with van der Waals surface area (Å²) in [4.78, 5) is 24.2. The standard InChI is InChI=1S/C5H10N4O2/c6-2-8-1-4(10)9(3-7)5(8)11/h1-3,6-7H2. The summed E-state index contributed by atoms with van der Waals surface area (Å²) in [6.07, 6.45) is 0. The molecule has 3 amide bonds. The minimum absolute atomic E-state index is 0.0481. The van der Waals surface area contributed by atoms with Crippen LogP contribution in [0.3, 0.4) is 0 Å². The zero-order valence-corrected chi connectivity index (χ0v) is 5.99. The van der Waals surface area contributed by atoms with Crippen LogP contribution in [0, 0.1) is 0 Å². The summed E-state index contributed by atoms with van der Waals surface area (Å²) >= 11 is 0. The highest BCUT2D eigenvalue weighted by atomic mass is 16.2. The molecule has 11 heavy (non-hydrogen) atoms. The van der Waals surface area contributed by atoms with Gasteiger partial charge in [-0.25, -0.2) is 9.69 Å². The van der Waals surface area contributed by atoms with Crippen LogP contribution in [-0.2, 0) is 4.79 Å². The predicted molar refractivity (Wildman–Crippen MR) is 37.1 cm³/mol. The smallest absolute Gasteiger partial charge is 0.314 e. The van der Waals surface area contributed by atoms with E-state index >= 15 is 0 Å². The first-order chi connectivity index (χ1) is 5.20. The first-order valence-corrected chi connectivity index (χ1v) is 3.20. The van der Waals surface area contributed by atoms with Gasteiger partial charge in [-0.2, -0.15) is 0 Å². The van der Waals surface area contributed by atoms with Crippen LogP contribution >= 0.6 is 0 Å². The number of imide groups is 1. The molecule has 0 atom stereocenters. The van der Waals surface area contributed by atoms with Crippen LogP contribution in [0.2, 0.25) is 0 Å². The van der Waals surface area contributed by atoms with Crippen molar-refractivity contribution >= 4 is 11.9 Å². The highest BCUT2D eigenvalue weighted by Crippen LogP contribution is 2.05. The Labute approximate surface area is 63.7 Å². The summed E-state index contributed by atoms with van der Waals surface area (Å²) in [5.74, 6) is -0.289. The molecule has 1 aliphatic rings. The van der Waals surface area contributed by atoms with Gasteiger partial charge in [-0.15, -0.1) is 0 Å². The second-order valence-corrected chi connectivity index (χ2v) is 2.17. The molecule has 1 heterocycles. The maximum Gasteiger partial charge on any atom is 0.329 e. The maximum atomic E-state index is 11.0. The van der Waals surface area contributed by atoms with Gasteiger partial charge in [-0.05, 0) is 0 Å². The summed E-state index contributed by atoms with van der Waals surface area (Å²) in [5, 5.41) is 0.